The van der Waals surface area contributed by atoms with E-state index in [1.165, 1.54) is 19.4 Å². The van der Waals surface area contributed by atoms with Gasteiger partial charge >= 0.3 is 0 Å². The largest absolute Gasteiger partial charge is 0.354 e. The third-order valence-electron chi connectivity index (χ3n) is 4.59. The molecule has 4 nitrogen and oxygen atoms in total. The lowest BCUT2D eigenvalue weighted by Crippen LogP contribution is -2.49. The summed E-state index contributed by atoms with van der Waals surface area (Å²) < 4.78 is 0. The van der Waals surface area contributed by atoms with Crippen molar-refractivity contribution in [2.75, 3.05) is 26.2 Å². The van der Waals surface area contributed by atoms with Crippen molar-refractivity contribution in [2.24, 2.45) is 11.8 Å². The molecule has 0 spiro atoms. The van der Waals surface area contributed by atoms with E-state index in [0.717, 1.165) is 26.1 Å². The molecule has 3 atom stereocenters. The van der Waals surface area contributed by atoms with Crippen molar-refractivity contribution in [2.45, 2.75) is 52.1 Å². The van der Waals surface area contributed by atoms with Crippen LogP contribution in [0.2, 0.25) is 0 Å². The molecular formula is C15H29N3O. The first-order valence-electron chi connectivity index (χ1n) is 7.81. The van der Waals surface area contributed by atoms with Crippen molar-refractivity contribution in [3.63, 3.8) is 0 Å². The van der Waals surface area contributed by atoms with Gasteiger partial charge in [-0.25, -0.2) is 0 Å². The van der Waals surface area contributed by atoms with Crippen molar-refractivity contribution >= 4 is 5.91 Å². The molecule has 110 valence electrons. The van der Waals surface area contributed by atoms with Crippen LogP contribution < -0.4 is 10.6 Å². The number of amides is 1. The van der Waals surface area contributed by atoms with Crippen LogP contribution in [0.4, 0.5) is 0 Å². The summed E-state index contributed by atoms with van der Waals surface area (Å²) in [5.41, 5.74) is 0. The van der Waals surface area contributed by atoms with Gasteiger partial charge in [-0.2, -0.15) is 0 Å². The Morgan fingerprint density at radius 2 is 2.21 bits per heavy atom. The fraction of sp³-hybridized carbons (Fsp3) is 0.933. The first-order chi connectivity index (χ1) is 9.06. The molecule has 0 aliphatic carbocycles. The van der Waals surface area contributed by atoms with Crippen LogP contribution in [0, 0.1) is 11.8 Å². The van der Waals surface area contributed by atoms with E-state index < -0.39 is 0 Å². The molecule has 0 saturated carbocycles. The summed E-state index contributed by atoms with van der Waals surface area (Å²) in [6, 6.07) is 0.660. The summed E-state index contributed by atoms with van der Waals surface area (Å²) in [6.45, 7) is 10.9. The van der Waals surface area contributed by atoms with Crippen molar-refractivity contribution in [3.05, 3.63) is 0 Å². The van der Waals surface area contributed by atoms with Gasteiger partial charge in [0.2, 0.25) is 5.91 Å². The summed E-state index contributed by atoms with van der Waals surface area (Å²) in [5.74, 6) is 1.50. The maximum Gasteiger partial charge on any atom is 0.237 e. The maximum absolute atomic E-state index is 12.1. The lowest BCUT2D eigenvalue weighted by Gasteiger charge is -2.27. The normalized spacial score (nSPS) is 32.7. The molecule has 0 aromatic heterocycles. The van der Waals surface area contributed by atoms with E-state index in [9.17, 15) is 4.79 Å². The number of carbonyl (C=O) groups excluding carboxylic acids is 1. The van der Waals surface area contributed by atoms with E-state index in [2.05, 4.69) is 36.3 Å². The van der Waals surface area contributed by atoms with Gasteiger partial charge in [0.25, 0.3) is 0 Å². The number of nitrogens with zero attached hydrogens (tertiary/aromatic N) is 1. The van der Waals surface area contributed by atoms with Crippen LogP contribution in [0.5, 0.6) is 0 Å². The zero-order valence-electron chi connectivity index (χ0n) is 12.6. The predicted octanol–water partition coefficient (Wildman–Crippen LogP) is 1.22. The maximum atomic E-state index is 12.1. The van der Waals surface area contributed by atoms with Gasteiger partial charge in [0, 0.05) is 19.1 Å². The molecule has 19 heavy (non-hydrogen) atoms. The van der Waals surface area contributed by atoms with Gasteiger partial charge in [0.05, 0.1) is 6.04 Å². The number of carbonyl (C=O) groups is 1. The molecule has 2 aliphatic heterocycles. The van der Waals surface area contributed by atoms with E-state index >= 15 is 0 Å². The second kappa shape index (κ2) is 6.71. The van der Waals surface area contributed by atoms with E-state index in [0.29, 0.717) is 17.9 Å². The molecule has 0 bridgehead atoms. The highest BCUT2D eigenvalue weighted by molar-refractivity contribution is 5.81. The highest BCUT2D eigenvalue weighted by atomic mass is 16.2. The number of hydrogen-bond acceptors (Lipinski definition) is 3. The zero-order valence-corrected chi connectivity index (χ0v) is 12.6. The van der Waals surface area contributed by atoms with Crippen molar-refractivity contribution in [3.8, 4) is 0 Å². The van der Waals surface area contributed by atoms with Gasteiger partial charge in [0.15, 0.2) is 0 Å². The van der Waals surface area contributed by atoms with Crippen molar-refractivity contribution in [1.29, 1.82) is 0 Å². The molecule has 2 N–H and O–H groups in total. The van der Waals surface area contributed by atoms with Crippen LogP contribution in [0.15, 0.2) is 0 Å². The molecule has 2 heterocycles. The Morgan fingerprint density at radius 3 is 2.84 bits per heavy atom. The van der Waals surface area contributed by atoms with Crippen LogP contribution in [0.3, 0.4) is 0 Å². The number of likely N-dealkylation sites (tertiary alicyclic amines) is 1. The first-order valence-corrected chi connectivity index (χ1v) is 7.81. The topological polar surface area (TPSA) is 44.4 Å². The minimum absolute atomic E-state index is 0.0337. The molecular weight excluding hydrogens is 238 g/mol. The minimum atomic E-state index is 0.0337. The lowest BCUT2D eigenvalue weighted by molar-refractivity contribution is -0.124. The molecule has 2 saturated heterocycles. The fourth-order valence-corrected chi connectivity index (χ4v) is 3.17. The molecule has 1 amide bonds. The number of rotatable bonds is 4. The second-order valence-corrected chi connectivity index (χ2v) is 6.62. The van der Waals surface area contributed by atoms with Crippen LogP contribution in [-0.4, -0.2) is 49.1 Å². The fourth-order valence-electron chi connectivity index (χ4n) is 3.17. The minimum Gasteiger partial charge on any atom is -0.354 e. The van der Waals surface area contributed by atoms with Gasteiger partial charge in [-0.3, -0.25) is 4.79 Å². The SMILES string of the molecule is CC1CCNC(C(=O)NCC2CCN(C(C)C)C2)C1. The van der Waals surface area contributed by atoms with E-state index in [1.807, 2.05) is 0 Å². The standard InChI is InChI=1S/C15H29N3O/c1-11(2)18-7-5-13(10-18)9-17-15(19)14-8-12(3)4-6-16-14/h11-14,16H,4-10H2,1-3H3,(H,17,19). The number of piperidine rings is 1. The highest BCUT2D eigenvalue weighted by Crippen LogP contribution is 2.18. The third-order valence-corrected chi connectivity index (χ3v) is 4.59. The van der Waals surface area contributed by atoms with Gasteiger partial charge < -0.3 is 15.5 Å². The van der Waals surface area contributed by atoms with Crippen molar-refractivity contribution in [1.82, 2.24) is 15.5 Å². The first kappa shape index (κ1) is 14.8. The molecule has 0 aromatic rings. The number of hydrogen-bond donors (Lipinski definition) is 2. The number of nitrogens with one attached hydrogen (secondary N) is 2. The lowest BCUT2D eigenvalue weighted by atomic mass is 9.94. The van der Waals surface area contributed by atoms with Gasteiger partial charge in [-0.05, 0) is 58.0 Å². The molecule has 2 rings (SSSR count). The quantitative estimate of drug-likeness (QED) is 0.805. The molecule has 2 fully saturated rings. The van der Waals surface area contributed by atoms with Gasteiger partial charge in [0.1, 0.15) is 0 Å². The Labute approximate surface area is 117 Å². The van der Waals surface area contributed by atoms with Crippen LogP contribution in [0.1, 0.15) is 40.0 Å². The highest BCUT2D eigenvalue weighted by Gasteiger charge is 2.27. The Morgan fingerprint density at radius 1 is 1.42 bits per heavy atom. The average Bonchev–Trinajstić information content (AvgIpc) is 2.85. The third kappa shape index (κ3) is 4.18. The molecule has 3 unspecified atom stereocenters. The summed E-state index contributed by atoms with van der Waals surface area (Å²) in [4.78, 5) is 14.6. The zero-order chi connectivity index (χ0) is 13.8. The Hall–Kier alpha value is -0.610. The Kier molecular flexibility index (Phi) is 5.22. The second-order valence-electron chi connectivity index (χ2n) is 6.62. The van der Waals surface area contributed by atoms with Crippen LogP contribution in [0.25, 0.3) is 0 Å². The monoisotopic (exact) mass is 267 g/mol. The summed E-state index contributed by atoms with van der Waals surface area (Å²) in [7, 11) is 0. The molecule has 0 aromatic carbocycles. The summed E-state index contributed by atoms with van der Waals surface area (Å²) in [6.07, 6.45) is 3.39. The van der Waals surface area contributed by atoms with Crippen LogP contribution >= 0.6 is 0 Å². The van der Waals surface area contributed by atoms with Crippen LogP contribution in [-0.2, 0) is 4.79 Å². The Balaban J connectivity index is 1.69. The van der Waals surface area contributed by atoms with E-state index in [1.54, 1.807) is 0 Å². The van der Waals surface area contributed by atoms with Gasteiger partial charge in [-0.1, -0.05) is 6.92 Å². The molecule has 4 heteroatoms. The molecule has 0 radical (unpaired) electrons. The summed E-state index contributed by atoms with van der Waals surface area (Å²) >= 11 is 0. The predicted molar refractivity (Wildman–Crippen MR) is 78.0 cm³/mol. The smallest absolute Gasteiger partial charge is 0.237 e. The van der Waals surface area contributed by atoms with E-state index in [-0.39, 0.29) is 11.9 Å². The molecule has 2 aliphatic rings. The Bertz CT molecular complexity index is 306. The average molecular weight is 267 g/mol. The van der Waals surface area contributed by atoms with Gasteiger partial charge in [-0.15, -0.1) is 0 Å². The summed E-state index contributed by atoms with van der Waals surface area (Å²) in [5, 5.41) is 6.48. The van der Waals surface area contributed by atoms with Crippen molar-refractivity contribution < 1.29 is 4.79 Å². The van der Waals surface area contributed by atoms with E-state index in [4.69, 9.17) is 0 Å².